The summed E-state index contributed by atoms with van der Waals surface area (Å²) >= 11 is 0. The van der Waals surface area contributed by atoms with Crippen molar-refractivity contribution < 1.29 is 14.3 Å². The van der Waals surface area contributed by atoms with Crippen LogP contribution < -0.4 is 14.8 Å². The number of benzene rings is 1. The van der Waals surface area contributed by atoms with Gasteiger partial charge in [0, 0.05) is 18.7 Å². The Labute approximate surface area is 132 Å². The summed E-state index contributed by atoms with van der Waals surface area (Å²) in [5.74, 6) is 1.35. The number of hydrogen-bond acceptors (Lipinski definition) is 3. The summed E-state index contributed by atoms with van der Waals surface area (Å²) in [6.45, 7) is 2.99. The highest BCUT2D eigenvalue weighted by atomic mass is 16.5. The predicted molar refractivity (Wildman–Crippen MR) is 88.2 cm³/mol. The molecule has 0 aliphatic heterocycles. The minimum atomic E-state index is -0.0603. The lowest BCUT2D eigenvalue weighted by atomic mass is 9.89. The number of methoxy groups -OCH3 is 2. The minimum absolute atomic E-state index is 0.0603. The van der Waals surface area contributed by atoms with Crippen molar-refractivity contribution in [2.45, 2.75) is 32.6 Å². The van der Waals surface area contributed by atoms with E-state index in [4.69, 9.17) is 9.47 Å². The Bertz CT molecular complexity index is 523. The van der Waals surface area contributed by atoms with Crippen LogP contribution in [-0.4, -0.2) is 26.7 Å². The quantitative estimate of drug-likeness (QED) is 0.819. The maximum atomic E-state index is 12.0. The summed E-state index contributed by atoms with van der Waals surface area (Å²) < 4.78 is 10.4. The van der Waals surface area contributed by atoms with E-state index in [0.29, 0.717) is 11.5 Å². The van der Waals surface area contributed by atoms with Crippen molar-refractivity contribution in [2.75, 3.05) is 20.8 Å². The van der Waals surface area contributed by atoms with E-state index in [1.807, 2.05) is 12.1 Å². The molecule has 1 aromatic rings. The van der Waals surface area contributed by atoms with Gasteiger partial charge in [-0.15, -0.1) is 0 Å². The number of nitrogens with one attached hydrogen (secondary N) is 1. The SMILES string of the molecule is COc1cc(C=CC(=O)NCC2(C)CCCC2)cc(OC)c1. The van der Waals surface area contributed by atoms with Crippen LogP contribution in [0.3, 0.4) is 0 Å². The van der Waals surface area contributed by atoms with Crippen LogP contribution in [-0.2, 0) is 4.79 Å². The van der Waals surface area contributed by atoms with Crippen LogP contribution in [0.2, 0.25) is 0 Å². The molecule has 22 heavy (non-hydrogen) atoms. The maximum Gasteiger partial charge on any atom is 0.244 e. The van der Waals surface area contributed by atoms with Crippen molar-refractivity contribution >= 4 is 12.0 Å². The number of rotatable bonds is 6. The molecule has 2 rings (SSSR count). The monoisotopic (exact) mass is 303 g/mol. The van der Waals surface area contributed by atoms with Gasteiger partial charge in [0.2, 0.25) is 5.91 Å². The molecule has 0 atom stereocenters. The van der Waals surface area contributed by atoms with Crippen LogP contribution in [0.4, 0.5) is 0 Å². The average Bonchev–Trinajstić information content (AvgIpc) is 2.97. The summed E-state index contributed by atoms with van der Waals surface area (Å²) in [5.41, 5.74) is 1.14. The molecule has 1 amide bonds. The first kappa shape index (κ1) is 16.4. The Morgan fingerprint density at radius 3 is 2.32 bits per heavy atom. The molecule has 4 nitrogen and oxygen atoms in total. The molecule has 0 bridgehead atoms. The van der Waals surface area contributed by atoms with E-state index in [0.717, 1.165) is 12.1 Å². The maximum absolute atomic E-state index is 12.0. The zero-order valence-electron chi connectivity index (χ0n) is 13.6. The van der Waals surface area contributed by atoms with Gasteiger partial charge in [-0.2, -0.15) is 0 Å². The number of amides is 1. The second-order valence-electron chi connectivity index (χ2n) is 6.21. The summed E-state index contributed by atoms with van der Waals surface area (Å²) in [6, 6.07) is 5.54. The zero-order chi connectivity index (χ0) is 16.0. The van der Waals surface area contributed by atoms with Crippen LogP contribution in [0.5, 0.6) is 11.5 Å². The third kappa shape index (κ3) is 4.52. The van der Waals surface area contributed by atoms with Gasteiger partial charge in [-0.05, 0) is 42.0 Å². The van der Waals surface area contributed by atoms with Crippen molar-refractivity contribution in [1.29, 1.82) is 0 Å². The molecule has 1 aromatic carbocycles. The second kappa shape index (κ2) is 7.34. The van der Waals surface area contributed by atoms with Gasteiger partial charge in [-0.25, -0.2) is 0 Å². The van der Waals surface area contributed by atoms with E-state index in [9.17, 15) is 4.79 Å². The van der Waals surface area contributed by atoms with E-state index in [1.165, 1.54) is 25.7 Å². The first-order valence-electron chi connectivity index (χ1n) is 7.74. The smallest absolute Gasteiger partial charge is 0.244 e. The second-order valence-corrected chi connectivity index (χ2v) is 6.21. The third-order valence-electron chi connectivity index (χ3n) is 4.30. The van der Waals surface area contributed by atoms with Gasteiger partial charge in [-0.1, -0.05) is 19.8 Å². The molecule has 1 aliphatic carbocycles. The summed E-state index contributed by atoms with van der Waals surface area (Å²) in [6.07, 6.45) is 8.27. The van der Waals surface area contributed by atoms with Crippen LogP contribution in [0.25, 0.3) is 6.08 Å². The van der Waals surface area contributed by atoms with Crippen molar-refractivity contribution in [1.82, 2.24) is 5.32 Å². The summed E-state index contributed by atoms with van der Waals surface area (Å²) in [5, 5.41) is 3.00. The standard InChI is InChI=1S/C18H25NO3/c1-18(8-4-5-9-18)13-19-17(20)7-6-14-10-15(21-2)12-16(11-14)22-3/h6-7,10-12H,4-5,8-9,13H2,1-3H3,(H,19,20). The lowest BCUT2D eigenvalue weighted by molar-refractivity contribution is -0.116. The van der Waals surface area contributed by atoms with Crippen LogP contribution >= 0.6 is 0 Å². The van der Waals surface area contributed by atoms with Crippen molar-refractivity contribution in [2.24, 2.45) is 5.41 Å². The minimum Gasteiger partial charge on any atom is -0.497 e. The molecule has 0 aromatic heterocycles. The molecule has 0 unspecified atom stereocenters. The average molecular weight is 303 g/mol. The third-order valence-corrected chi connectivity index (χ3v) is 4.30. The molecule has 1 fully saturated rings. The largest absolute Gasteiger partial charge is 0.497 e. The predicted octanol–water partition coefficient (Wildman–Crippen LogP) is 3.41. The Balaban J connectivity index is 1.94. The van der Waals surface area contributed by atoms with Crippen molar-refractivity contribution in [3.8, 4) is 11.5 Å². The van der Waals surface area contributed by atoms with Gasteiger partial charge in [0.25, 0.3) is 0 Å². The first-order chi connectivity index (χ1) is 10.5. The van der Waals surface area contributed by atoms with E-state index in [1.54, 1.807) is 32.4 Å². The number of carbonyl (C=O) groups is 1. The Morgan fingerprint density at radius 2 is 1.77 bits per heavy atom. The van der Waals surface area contributed by atoms with Gasteiger partial charge in [0.1, 0.15) is 11.5 Å². The fraction of sp³-hybridized carbons (Fsp3) is 0.500. The molecular formula is C18H25NO3. The first-order valence-corrected chi connectivity index (χ1v) is 7.74. The normalized spacial score (nSPS) is 16.7. The summed E-state index contributed by atoms with van der Waals surface area (Å²) in [4.78, 5) is 12.0. The molecule has 0 saturated heterocycles. The van der Waals surface area contributed by atoms with Gasteiger partial charge >= 0.3 is 0 Å². The molecule has 1 saturated carbocycles. The lowest BCUT2D eigenvalue weighted by Gasteiger charge is -2.23. The molecule has 4 heteroatoms. The fourth-order valence-corrected chi connectivity index (χ4v) is 2.86. The van der Waals surface area contributed by atoms with Gasteiger partial charge in [0.05, 0.1) is 14.2 Å². The number of ether oxygens (including phenoxy) is 2. The Morgan fingerprint density at radius 1 is 1.18 bits per heavy atom. The highest BCUT2D eigenvalue weighted by molar-refractivity contribution is 5.91. The molecule has 120 valence electrons. The van der Waals surface area contributed by atoms with Crippen LogP contribution in [0.15, 0.2) is 24.3 Å². The highest BCUT2D eigenvalue weighted by Gasteiger charge is 2.28. The van der Waals surface area contributed by atoms with Gasteiger partial charge in [-0.3, -0.25) is 4.79 Å². The lowest BCUT2D eigenvalue weighted by Crippen LogP contribution is -2.33. The molecule has 1 aliphatic rings. The molecular weight excluding hydrogens is 278 g/mol. The van der Waals surface area contributed by atoms with E-state index in [-0.39, 0.29) is 11.3 Å². The summed E-state index contributed by atoms with van der Waals surface area (Å²) in [7, 11) is 3.22. The topological polar surface area (TPSA) is 47.6 Å². The van der Waals surface area contributed by atoms with E-state index >= 15 is 0 Å². The fourth-order valence-electron chi connectivity index (χ4n) is 2.86. The molecule has 0 spiro atoms. The van der Waals surface area contributed by atoms with E-state index < -0.39 is 0 Å². The van der Waals surface area contributed by atoms with Crippen molar-refractivity contribution in [3.63, 3.8) is 0 Å². The van der Waals surface area contributed by atoms with Crippen LogP contribution in [0.1, 0.15) is 38.2 Å². The van der Waals surface area contributed by atoms with E-state index in [2.05, 4.69) is 12.2 Å². The number of hydrogen-bond donors (Lipinski definition) is 1. The highest BCUT2D eigenvalue weighted by Crippen LogP contribution is 2.36. The molecule has 1 N–H and O–H groups in total. The van der Waals surface area contributed by atoms with Gasteiger partial charge in [0.15, 0.2) is 0 Å². The zero-order valence-corrected chi connectivity index (χ0v) is 13.6. The number of carbonyl (C=O) groups excluding carboxylic acids is 1. The molecule has 0 radical (unpaired) electrons. The van der Waals surface area contributed by atoms with Crippen LogP contribution in [0, 0.1) is 5.41 Å². The van der Waals surface area contributed by atoms with Gasteiger partial charge < -0.3 is 14.8 Å². The Hall–Kier alpha value is -1.97. The Kier molecular flexibility index (Phi) is 5.47. The molecule has 0 heterocycles. The van der Waals surface area contributed by atoms with Crippen molar-refractivity contribution in [3.05, 3.63) is 29.8 Å².